The van der Waals surface area contributed by atoms with Crippen molar-refractivity contribution in [2.75, 3.05) is 16.0 Å². The standard InChI is InChI=1S/C19H17N5O3/c1-11(25)20-12-5-4-6-13(9-12)21-18(27)16-10-17(26)23-19-22-14-7-2-3-8-15(14)24(16)19/h2-9,16H,10H2,1H3,(H,20,25)(H,21,27)(H,22,23,26)/t16-/m0/s1. The maximum Gasteiger partial charge on any atom is 0.248 e. The van der Waals surface area contributed by atoms with E-state index in [0.29, 0.717) is 22.8 Å². The molecule has 136 valence electrons. The van der Waals surface area contributed by atoms with Crippen LogP contribution in [0, 0.1) is 0 Å². The van der Waals surface area contributed by atoms with Gasteiger partial charge in [0.25, 0.3) is 0 Å². The van der Waals surface area contributed by atoms with Gasteiger partial charge in [0, 0.05) is 18.3 Å². The third kappa shape index (κ3) is 3.24. The van der Waals surface area contributed by atoms with E-state index in [4.69, 9.17) is 0 Å². The predicted molar refractivity (Wildman–Crippen MR) is 101 cm³/mol. The molecule has 2 heterocycles. The van der Waals surface area contributed by atoms with Crippen LogP contribution in [0.5, 0.6) is 0 Å². The van der Waals surface area contributed by atoms with Crippen molar-refractivity contribution in [2.45, 2.75) is 19.4 Å². The molecule has 0 spiro atoms. The molecule has 1 aliphatic rings. The molecule has 27 heavy (non-hydrogen) atoms. The Kier molecular flexibility index (Phi) is 4.08. The van der Waals surface area contributed by atoms with Crippen LogP contribution in [0.1, 0.15) is 19.4 Å². The van der Waals surface area contributed by atoms with Crippen LogP contribution in [0.25, 0.3) is 11.0 Å². The van der Waals surface area contributed by atoms with Gasteiger partial charge < -0.3 is 10.6 Å². The number of rotatable bonds is 3. The third-order valence-corrected chi connectivity index (χ3v) is 4.29. The van der Waals surface area contributed by atoms with Crippen LogP contribution < -0.4 is 16.0 Å². The summed E-state index contributed by atoms with van der Waals surface area (Å²) in [6.45, 7) is 1.41. The van der Waals surface area contributed by atoms with Crippen LogP contribution in [0.4, 0.5) is 17.3 Å². The third-order valence-electron chi connectivity index (χ3n) is 4.29. The molecule has 2 aromatic carbocycles. The second-order valence-electron chi connectivity index (χ2n) is 6.31. The van der Waals surface area contributed by atoms with E-state index in [1.165, 1.54) is 6.92 Å². The molecule has 1 atom stereocenters. The van der Waals surface area contributed by atoms with E-state index in [1.807, 2.05) is 24.3 Å². The van der Waals surface area contributed by atoms with E-state index in [9.17, 15) is 14.4 Å². The van der Waals surface area contributed by atoms with E-state index in [-0.39, 0.29) is 24.1 Å². The fraction of sp³-hybridized carbons (Fsp3) is 0.158. The Morgan fingerprint density at radius 1 is 1.11 bits per heavy atom. The number of aromatic nitrogens is 2. The minimum atomic E-state index is -0.717. The molecule has 0 unspecified atom stereocenters. The van der Waals surface area contributed by atoms with Crippen LogP contribution in [-0.2, 0) is 14.4 Å². The van der Waals surface area contributed by atoms with Gasteiger partial charge in [-0.3, -0.25) is 24.3 Å². The van der Waals surface area contributed by atoms with Crippen molar-refractivity contribution in [1.29, 1.82) is 0 Å². The molecule has 3 N–H and O–H groups in total. The highest BCUT2D eigenvalue weighted by Crippen LogP contribution is 2.31. The molecule has 0 saturated carbocycles. The zero-order valence-corrected chi connectivity index (χ0v) is 14.5. The number of benzene rings is 2. The van der Waals surface area contributed by atoms with E-state index in [0.717, 1.165) is 5.52 Å². The lowest BCUT2D eigenvalue weighted by molar-refractivity contribution is -0.124. The number of amides is 3. The minimum Gasteiger partial charge on any atom is -0.326 e. The molecule has 0 saturated heterocycles. The second-order valence-corrected chi connectivity index (χ2v) is 6.31. The molecule has 0 bridgehead atoms. The first-order chi connectivity index (χ1) is 13.0. The van der Waals surface area contributed by atoms with Crippen molar-refractivity contribution >= 4 is 46.1 Å². The van der Waals surface area contributed by atoms with Gasteiger partial charge >= 0.3 is 0 Å². The summed E-state index contributed by atoms with van der Waals surface area (Å²) in [7, 11) is 0. The van der Waals surface area contributed by atoms with Crippen molar-refractivity contribution in [3.63, 3.8) is 0 Å². The van der Waals surface area contributed by atoms with Crippen molar-refractivity contribution in [3.05, 3.63) is 48.5 Å². The lowest BCUT2D eigenvalue weighted by atomic mass is 10.1. The van der Waals surface area contributed by atoms with Gasteiger partial charge in [0.15, 0.2) is 0 Å². The first-order valence-corrected chi connectivity index (χ1v) is 8.46. The van der Waals surface area contributed by atoms with Gasteiger partial charge in [-0.05, 0) is 30.3 Å². The van der Waals surface area contributed by atoms with Crippen LogP contribution in [0.2, 0.25) is 0 Å². The van der Waals surface area contributed by atoms with Crippen molar-refractivity contribution in [3.8, 4) is 0 Å². The summed E-state index contributed by atoms with van der Waals surface area (Å²) >= 11 is 0. The molecule has 0 fully saturated rings. The molecule has 8 nitrogen and oxygen atoms in total. The lowest BCUT2D eigenvalue weighted by Crippen LogP contribution is -2.35. The molecule has 0 radical (unpaired) electrons. The quantitative estimate of drug-likeness (QED) is 0.665. The number of para-hydroxylation sites is 2. The first-order valence-electron chi connectivity index (χ1n) is 8.46. The van der Waals surface area contributed by atoms with E-state index < -0.39 is 6.04 Å². The summed E-state index contributed by atoms with van der Waals surface area (Å²) in [5.41, 5.74) is 2.60. The zero-order chi connectivity index (χ0) is 19.0. The number of nitrogens with zero attached hydrogens (tertiary/aromatic N) is 2. The Labute approximate surface area is 154 Å². The summed E-state index contributed by atoms with van der Waals surface area (Å²) in [6, 6.07) is 13.5. The van der Waals surface area contributed by atoms with Crippen molar-refractivity contribution < 1.29 is 14.4 Å². The highest BCUT2D eigenvalue weighted by Gasteiger charge is 2.32. The number of carbonyl (C=O) groups excluding carboxylic acids is 3. The molecule has 3 amide bonds. The Hall–Kier alpha value is -3.68. The average molecular weight is 363 g/mol. The molecular weight excluding hydrogens is 346 g/mol. The molecule has 0 aliphatic carbocycles. The predicted octanol–water partition coefficient (Wildman–Crippen LogP) is 2.52. The van der Waals surface area contributed by atoms with Gasteiger partial charge in [-0.1, -0.05) is 18.2 Å². The van der Waals surface area contributed by atoms with Gasteiger partial charge in [0.2, 0.25) is 23.7 Å². The average Bonchev–Trinajstić information content (AvgIpc) is 2.98. The number of anilines is 3. The summed E-state index contributed by atoms with van der Waals surface area (Å²) in [6.07, 6.45) is 0.0184. The summed E-state index contributed by atoms with van der Waals surface area (Å²) < 4.78 is 1.74. The van der Waals surface area contributed by atoms with Crippen molar-refractivity contribution in [1.82, 2.24) is 9.55 Å². The van der Waals surface area contributed by atoms with E-state index >= 15 is 0 Å². The highest BCUT2D eigenvalue weighted by molar-refractivity contribution is 6.03. The Bertz CT molecular complexity index is 1070. The van der Waals surface area contributed by atoms with Crippen LogP contribution in [0.15, 0.2) is 48.5 Å². The van der Waals surface area contributed by atoms with Gasteiger partial charge in [0.05, 0.1) is 17.5 Å². The largest absolute Gasteiger partial charge is 0.326 e. The SMILES string of the molecule is CC(=O)Nc1cccc(NC(=O)[C@@H]2CC(=O)Nc3nc4ccccc4n32)c1. The Balaban J connectivity index is 1.65. The number of hydrogen-bond acceptors (Lipinski definition) is 4. The summed E-state index contributed by atoms with van der Waals surface area (Å²) in [4.78, 5) is 40.6. The molecule has 8 heteroatoms. The van der Waals surface area contributed by atoms with E-state index in [1.54, 1.807) is 28.8 Å². The van der Waals surface area contributed by atoms with Crippen LogP contribution >= 0.6 is 0 Å². The molecular formula is C19H17N5O3. The maximum absolute atomic E-state index is 12.9. The van der Waals surface area contributed by atoms with Gasteiger partial charge in [-0.2, -0.15) is 0 Å². The Morgan fingerprint density at radius 3 is 2.63 bits per heavy atom. The van der Waals surface area contributed by atoms with Gasteiger partial charge in [0.1, 0.15) is 6.04 Å². The molecule has 3 aromatic rings. The fourth-order valence-corrected chi connectivity index (χ4v) is 3.20. The lowest BCUT2D eigenvalue weighted by Gasteiger charge is -2.25. The molecule has 4 rings (SSSR count). The number of carbonyl (C=O) groups is 3. The summed E-state index contributed by atoms with van der Waals surface area (Å²) in [5, 5.41) is 8.21. The molecule has 1 aliphatic heterocycles. The highest BCUT2D eigenvalue weighted by atomic mass is 16.2. The van der Waals surface area contributed by atoms with Crippen LogP contribution in [-0.4, -0.2) is 27.3 Å². The second kappa shape index (κ2) is 6.56. The number of hydrogen-bond donors (Lipinski definition) is 3. The minimum absolute atomic E-state index is 0.0184. The smallest absolute Gasteiger partial charge is 0.248 e. The van der Waals surface area contributed by atoms with Gasteiger partial charge in [-0.25, -0.2) is 4.98 Å². The zero-order valence-electron chi connectivity index (χ0n) is 14.5. The van der Waals surface area contributed by atoms with Crippen LogP contribution in [0.3, 0.4) is 0 Å². The monoisotopic (exact) mass is 363 g/mol. The molecule has 1 aromatic heterocycles. The number of fused-ring (bicyclic) bond motifs is 3. The number of nitrogens with one attached hydrogen (secondary N) is 3. The maximum atomic E-state index is 12.9. The van der Waals surface area contributed by atoms with Crippen molar-refractivity contribution in [2.24, 2.45) is 0 Å². The van der Waals surface area contributed by atoms with E-state index in [2.05, 4.69) is 20.9 Å². The first kappa shape index (κ1) is 16.8. The normalized spacial score (nSPS) is 15.7. The number of imidazole rings is 1. The summed E-state index contributed by atoms with van der Waals surface area (Å²) in [5.74, 6) is -0.421. The fourth-order valence-electron chi connectivity index (χ4n) is 3.20. The van der Waals surface area contributed by atoms with Gasteiger partial charge in [-0.15, -0.1) is 0 Å². The topological polar surface area (TPSA) is 105 Å². The Morgan fingerprint density at radius 2 is 1.85 bits per heavy atom.